The molecule has 23 heavy (non-hydrogen) atoms. The summed E-state index contributed by atoms with van der Waals surface area (Å²) in [5.41, 5.74) is 3.07. The molecule has 0 spiro atoms. The van der Waals surface area contributed by atoms with E-state index in [2.05, 4.69) is 10.3 Å². The van der Waals surface area contributed by atoms with E-state index in [9.17, 15) is 5.11 Å². The quantitative estimate of drug-likeness (QED) is 0.787. The maximum atomic E-state index is 9.52. The third-order valence-corrected chi connectivity index (χ3v) is 3.48. The zero-order valence-corrected chi connectivity index (χ0v) is 12.8. The summed E-state index contributed by atoms with van der Waals surface area (Å²) in [4.78, 5) is 0. The maximum absolute atomic E-state index is 9.52. The van der Waals surface area contributed by atoms with Crippen molar-refractivity contribution in [2.75, 3.05) is 7.11 Å². The van der Waals surface area contributed by atoms with Gasteiger partial charge in [0.05, 0.1) is 19.4 Å². The standard InChI is InChI=1S/C18H17N3O2/c1-23-18-10-6-5-9-17(18)21-16(15(13-22)19-20-21)12-11-14-7-3-2-4-8-14/h2-12,22H,13H2,1H3/b12-11+. The fourth-order valence-corrected chi connectivity index (χ4v) is 2.32. The molecule has 1 N–H and O–H groups in total. The van der Waals surface area contributed by atoms with Crippen molar-refractivity contribution in [3.8, 4) is 11.4 Å². The van der Waals surface area contributed by atoms with Gasteiger partial charge in [-0.2, -0.15) is 0 Å². The average molecular weight is 307 g/mol. The van der Waals surface area contributed by atoms with Crippen molar-refractivity contribution >= 4 is 12.2 Å². The monoisotopic (exact) mass is 307 g/mol. The fraction of sp³-hybridized carbons (Fsp3) is 0.111. The Kier molecular flexibility index (Phi) is 4.49. The Morgan fingerprint density at radius 1 is 1.04 bits per heavy atom. The van der Waals surface area contributed by atoms with Gasteiger partial charge in [0, 0.05) is 0 Å². The fourth-order valence-electron chi connectivity index (χ4n) is 2.32. The molecular formula is C18H17N3O2. The summed E-state index contributed by atoms with van der Waals surface area (Å²) < 4.78 is 7.06. The van der Waals surface area contributed by atoms with Crippen molar-refractivity contribution in [3.63, 3.8) is 0 Å². The minimum Gasteiger partial charge on any atom is -0.494 e. The number of rotatable bonds is 5. The molecule has 5 heteroatoms. The van der Waals surface area contributed by atoms with Crippen LogP contribution in [0.15, 0.2) is 54.6 Å². The molecule has 0 radical (unpaired) electrons. The third-order valence-electron chi connectivity index (χ3n) is 3.48. The molecule has 0 aliphatic rings. The number of nitrogens with zero attached hydrogens (tertiary/aromatic N) is 3. The summed E-state index contributed by atoms with van der Waals surface area (Å²) in [7, 11) is 1.61. The van der Waals surface area contributed by atoms with Crippen LogP contribution in [0.5, 0.6) is 5.75 Å². The van der Waals surface area contributed by atoms with Crippen LogP contribution < -0.4 is 4.74 Å². The highest BCUT2D eigenvalue weighted by Gasteiger charge is 2.14. The van der Waals surface area contributed by atoms with Gasteiger partial charge in [-0.05, 0) is 23.8 Å². The van der Waals surface area contributed by atoms with E-state index in [-0.39, 0.29) is 6.61 Å². The summed E-state index contributed by atoms with van der Waals surface area (Å²) in [6.45, 7) is -0.177. The van der Waals surface area contributed by atoms with Crippen LogP contribution in [0.25, 0.3) is 17.8 Å². The van der Waals surface area contributed by atoms with Gasteiger partial charge in [0.1, 0.15) is 17.1 Å². The summed E-state index contributed by atoms with van der Waals surface area (Å²) >= 11 is 0. The van der Waals surface area contributed by atoms with Crippen molar-refractivity contribution in [3.05, 3.63) is 71.5 Å². The Balaban J connectivity index is 2.06. The summed E-state index contributed by atoms with van der Waals surface area (Å²) in [5.74, 6) is 0.691. The molecule has 0 atom stereocenters. The first kappa shape index (κ1) is 15.0. The van der Waals surface area contributed by atoms with Crippen LogP contribution in [0.1, 0.15) is 17.0 Å². The summed E-state index contributed by atoms with van der Waals surface area (Å²) in [5, 5.41) is 17.7. The van der Waals surface area contributed by atoms with E-state index in [1.165, 1.54) is 0 Å². The smallest absolute Gasteiger partial charge is 0.144 e. The van der Waals surface area contributed by atoms with Gasteiger partial charge >= 0.3 is 0 Å². The number of para-hydroxylation sites is 2. The van der Waals surface area contributed by atoms with Crippen LogP contribution in [0.4, 0.5) is 0 Å². The van der Waals surface area contributed by atoms with Crippen LogP contribution in [-0.2, 0) is 6.61 Å². The van der Waals surface area contributed by atoms with Crippen molar-refractivity contribution in [1.29, 1.82) is 0 Å². The summed E-state index contributed by atoms with van der Waals surface area (Å²) in [6, 6.07) is 17.5. The lowest BCUT2D eigenvalue weighted by Gasteiger charge is -2.09. The van der Waals surface area contributed by atoms with Gasteiger partial charge in [-0.15, -0.1) is 5.10 Å². The SMILES string of the molecule is COc1ccccc1-n1nnc(CO)c1/C=C/c1ccccc1. The second kappa shape index (κ2) is 6.89. The molecule has 0 amide bonds. The van der Waals surface area contributed by atoms with E-state index >= 15 is 0 Å². The zero-order chi connectivity index (χ0) is 16.1. The van der Waals surface area contributed by atoms with Gasteiger partial charge in [0.25, 0.3) is 0 Å². The highest BCUT2D eigenvalue weighted by Crippen LogP contribution is 2.24. The van der Waals surface area contributed by atoms with E-state index in [4.69, 9.17) is 4.74 Å². The van der Waals surface area contributed by atoms with Gasteiger partial charge in [-0.1, -0.05) is 53.8 Å². The lowest BCUT2D eigenvalue weighted by Crippen LogP contribution is -2.02. The first-order valence-corrected chi connectivity index (χ1v) is 7.25. The van der Waals surface area contributed by atoms with Crippen LogP contribution in [0.3, 0.4) is 0 Å². The third kappa shape index (κ3) is 3.14. The Bertz CT molecular complexity index is 810. The topological polar surface area (TPSA) is 60.2 Å². The normalized spacial score (nSPS) is 11.0. The van der Waals surface area contributed by atoms with E-state index in [1.54, 1.807) is 11.8 Å². The number of hydrogen-bond donors (Lipinski definition) is 1. The molecule has 0 bridgehead atoms. The number of methoxy groups -OCH3 is 1. The van der Waals surface area contributed by atoms with Gasteiger partial charge in [0.15, 0.2) is 0 Å². The lowest BCUT2D eigenvalue weighted by molar-refractivity contribution is 0.276. The van der Waals surface area contributed by atoms with Crippen molar-refractivity contribution in [1.82, 2.24) is 15.0 Å². The highest BCUT2D eigenvalue weighted by atomic mass is 16.5. The van der Waals surface area contributed by atoms with E-state index in [0.717, 1.165) is 16.9 Å². The maximum Gasteiger partial charge on any atom is 0.144 e. The predicted octanol–water partition coefficient (Wildman–Crippen LogP) is 2.94. The first-order chi connectivity index (χ1) is 11.3. The average Bonchev–Trinajstić information content (AvgIpc) is 3.03. The predicted molar refractivity (Wildman–Crippen MR) is 89.2 cm³/mol. The van der Waals surface area contributed by atoms with E-state index in [0.29, 0.717) is 11.4 Å². The Labute approximate surface area is 134 Å². The molecule has 5 nitrogen and oxygen atoms in total. The molecule has 0 aliphatic carbocycles. The Morgan fingerprint density at radius 3 is 2.52 bits per heavy atom. The minimum absolute atomic E-state index is 0.177. The summed E-state index contributed by atoms with van der Waals surface area (Å²) in [6.07, 6.45) is 3.86. The van der Waals surface area contributed by atoms with E-state index < -0.39 is 0 Å². The van der Waals surface area contributed by atoms with Gasteiger partial charge in [-0.3, -0.25) is 0 Å². The van der Waals surface area contributed by atoms with Crippen LogP contribution in [0.2, 0.25) is 0 Å². The molecule has 0 saturated carbocycles. The lowest BCUT2D eigenvalue weighted by atomic mass is 10.2. The molecule has 0 aliphatic heterocycles. The number of aliphatic hydroxyl groups excluding tert-OH is 1. The second-order valence-electron chi connectivity index (χ2n) is 4.91. The largest absolute Gasteiger partial charge is 0.494 e. The molecule has 0 fully saturated rings. The second-order valence-corrected chi connectivity index (χ2v) is 4.91. The van der Waals surface area contributed by atoms with Gasteiger partial charge in [-0.25, -0.2) is 4.68 Å². The van der Waals surface area contributed by atoms with E-state index in [1.807, 2.05) is 66.7 Å². The molecule has 2 aromatic carbocycles. The molecular weight excluding hydrogens is 290 g/mol. The molecule has 0 saturated heterocycles. The number of aliphatic hydroxyl groups is 1. The molecule has 3 aromatic rings. The Hall–Kier alpha value is -2.92. The van der Waals surface area contributed by atoms with Crippen molar-refractivity contribution in [2.24, 2.45) is 0 Å². The van der Waals surface area contributed by atoms with Gasteiger partial charge in [0.2, 0.25) is 0 Å². The minimum atomic E-state index is -0.177. The van der Waals surface area contributed by atoms with Crippen LogP contribution in [0, 0.1) is 0 Å². The molecule has 116 valence electrons. The van der Waals surface area contributed by atoms with Crippen molar-refractivity contribution < 1.29 is 9.84 Å². The Morgan fingerprint density at radius 2 is 1.78 bits per heavy atom. The number of ether oxygens (including phenoxy) is 1. The first-order valence-electron chi connectivity index (χ1n) is 7.25. The molecule has 1 heterocycles. The number of hydrogen-bond acceptors (Lipinski definition) is 4. The zero-order valence-electron chi connectivity index (χ0n) is 12.8. The van der Waals surface area contributed by atoms with Crippen molar-refractivity contribution in [2.45, 2.75) is 6.61 Å². The van der Waals surface area contributed by atoms with Crippen LogP contribution >= 0.6 is 0 Å². The van der Waals surface area contributed by atoms with Gasteiger partial charge < -0.3 is 9.84 Å². The molecule has 0 unspecified atom stereocenters. The molecule has 3 rings (SSSR count). The van der Waals surface area contributed by atoms with Crippen LogP contribution in [-0.4, -0.2) is 27.2 Å². The number of benzene rings is 2. The molecule has 1 aromatic heterocycles. The highest BCUT2D eigenvalue weighted by molar-refractivity contribution is 5.70. The number of aromatic nitrogens is 3.